The summed E-state index contributed by atoms with van der Waals surface area (Å²) < 4.78 is 7.83. The molecule has 116 valence electrons. The van der Waals surface area contributed by atoms with Gasteiger partial charge in [-0.25, -0.2) is 0 Å². The summed E-state index contributed by atoms with van der Waals surface area (Å²) in [5.74, 6) is 0. The van der Waals surface area contributed by atoms with Crippen LogP contribution in [0.2, 0.25) is 0 Å². The summed E-state index contributed by atoms with van der Waals surface area (Å²) in [5, 5.41) is 15.1. The van der Waals surface area contributed by atoms with E-state index in [1.54, 1.807) is 0 Å². The fraction of sp³-hybridized carbons (Fsp3) is 0.812. The number of aromatic nitrogens is 2. The molecule has 4 nitrogen and oxygen atoms in total. The Morgan fingerprint density at radius 1 is 1.30 bits per heavy atom. The molecule has 0 radical (unpaired) electrons. The zero-order valence-electron chi connectivity index (χ0n) is 13.6. The van der Waals surface area contributed by atoms with Crippen LogP contribution in [-0.4, -0.2) is 33.2 Å². The number of aliphatic hydroxyl groups excluding tert-OH is 1. The zero-order chi connectivity index (χ0) is 15.2. The van der Waals surface area contributed by atoms with Gasteiger partial charge in [0, 0.05) is 25.3 Å². The monoisotopic (exact) mass is 282 g/mol. The van der Waals surface area contributed by atoms with Crippen LogP contribution in [0.5, 0.6) is 0 Å². The normalized spacial score (nSPS) is 15.3. The molecule has 0 aromatic carbocycles. The van der Waals surface area contributed by atoms with Crippen molar-refractivity contribution in [1.29, 1.82) is 0 Å². The fourth-order valence-corrected chi connectivity index (χ4v) is 2.61. The Morgan fingerprint density at radius 3 is 2.45 bits per heavy atom. The van der Waals surface area contributed by atoms with E-state index in [2.05, 4.69) is 32.8 Å². The highest BCUT2D eigenvalue weighted by Gasteiger charge is 2.35. The van der Waals surface area contributed by atoms with Crippen LogP contribution in [0.3, 0.4) is 0 Å². The SMILES string of the molecule is CCOC(CC)(CC)C(O)Cc1ccn(C(C)CC)n1. The highest BCUT2D eigenvalue weighted by Crippen LogP contribution is 2.27. The number of hydrogen-bond acceptors (Lipinski definition) is 3. The molecule has 0 fully saturated rings. The number of nitrogens with zero attached hydrogens (tertiary/aromatic N) is 2. The van der Waals surface area contributed by atoms with Gasteiger partial charge in [0.2, 0.25) is 0 Å². The summed E-state index contributed by atoms with van der Waals surface area (Å²) in [6, 6.07) is 2.40. The van der Waals surface area contributed by atoms with Gasteiger partial charge in [-0.2, -0.15) is 5.10 Å². The van der Waals surface area contributed by atoms with Gasteiger partial charge in [-0.05, 0) is 39.2 Å². The average molecular weight is 282 g/mol. The third-order valence-electron chi connectivity index (χ3n) is 4.34. The molecule has 0 aliphatic rings. The van der Waals surface area contributed by atoms with Gasteiger partial charge in [0.25, 0.3) is 0 Å². The van der Waals surface area contributed by atoms with Crippen molar-refractivity contribution in [3.05, 3.63) is 18.0 Å². The second-order valence-corrected chi connectivity index (χ2v) is 5.47. The Balaban J connectivity index is 2.77. The van der Waals surface area contributed by atoms with Crippen LogP contribution in [0.4, 0.5) is 0 Å². The maximum absolute atomic E-state index is 10.6. The highest BCUT2D eigenvalue weighted by molar-refractivity contribution is 5.04. The Bertz CT molecular complexity index is 386. The maximum Gasteiger partial charge on any atom is 0.0938 e. The van der Waals surface area contributed by atoms with E-state index in [4.69, 9.17) is 4.74 Å². The van der Waals surface area contributed by atoms with E-state index in [0.29, 0.717) is 19.1 Å². The van der Waals surface area contributed by atoms with Gasteiger partial charge in [0.1, 0.15) is 0 Å². The van der Waals surface area contributed by atoms with Crippen LogP contribution in [0.15, 0.2) is 12.3 Å². The number of aliphatic hydroxyl groups is 1. The largest absolute Gasteiger partial charge is 0.390 e. The summed E-state index contributed by atoms with van der Waals surface area (Å²) >= 11 is 0. The Hall–Kier alpha value is -0.870. The Labute approximate surface area is 123 Å². The van der Waals surface area contributed by atoms with Gasteiger partial charge in [-0.1, -0.05) is 20.8 Å². The average Bonchev–Trinajstić information content (AvgIpc) is 2.92. The third kappa shape index (κ3) is 3.83. The predicted octanol–water partition coefficient (Wildman–Crippen LogP) is 3.35. The van der Waals surface area contributed by atoms with Gasteiger partial charge in [-0.3, -0.25) is 4.68 Å². The van der Waals surface area contributed by atoms with E-state index in [1.807, 2.05) is 23.9 Å². The molecule has 0 bridgehead atoms. The van der Waals surface area contributed by atoms with Crippen molar-refractivity contribution in [3.63, 3.8) is 0 Å². The van der Waals surface area contributed by atoms with Crippen LogP contribution in [-0.2, 0) is 11.2 Å². The number of ether oxygens (including phenoxy) is 1. The lowest BCUT2D eigenvalue weighted by atomic mass is 9.87. The molecule has 0 spiro atoms. The van der Waals surface area contributed by atoms with Crippen LogP contribution in [0.25, 0.3) is 0 Å². The van der Waals surface area contributed by atoms with Gasteiger partial charge in [-0.15, -0.1) is 0 Å². The van der Waals surface area contributed by atoms with E-state index in [9.17, 15) is 5.11 Å². The van der Waals surface area contributed by atoms with Crippen LogP contribution in [0.1, 0.15) is 65.6 Å². The third-order valence-corrected chi connectivity index (χ3v) is 4.34. The lowest BCUT2D eigenvalue weighted by molar-refractivity contribution is -0.124. The molecule has 4 heteroatoms. The molecular formula is C16H30N2O2. The van der Waals surface area contributed by atoms with Crippen molar-refractivity contribution in [2.75, 3.05) is 6.61 Å². The van der Waals surface area contributed by atoms with E-state index < -0.39 is 11.7 Å². The second-order valence-electron chi connectivity index (χ2n) is 5.47. The van der Waals surface area contributed by atoms with Gasteiger partial charge < -0.3 is 9.84 Å². The molecular weight excluding hydrogens is 252 g/mol. The van der Waals surface area contributed by atoms with Crippen molar-refractivity contribution < 1.29 is 9.84 Å². The molecule has 2 unspecified atom stereocenters. The standard InChI is InChI=1S/C16H30N2O2/c1-6-13(5)18-11-10-14(17-18)12-15(19)16(7-2,8-3)20-9-4/h10-11,13,15,19H,6-9,12H2,1-5H3. The number of hydrogen-bond donors (Lipinski definition) is 1. The van der Waals surface area contributed by atoms with Crippen LogP contribution < -0.4 is 0 Å². The molecule has 20 heavy (non-hydrogen) atoms. The van der Waals surface area contributed by atoms with Gasteiger partial charge in [0.15, 0.2) is 0 Å². The smallest absolute Gasteiger partial charge is 0.0938 e. The molecule has 1 heterocycles. The summed E-state index contributed by atoms with van der Waals surface area (Å²) in [4.78, 5) is 0. The topological polar surface area (TPSA) is 47.3 Å². The maximum atomic E-state index is 10.6. The van der Waals surface area contributed by atoms with E-state index >= 15 is 0 Å². The summed E-state index contributed by atoms with van der Waals surface area (Å²) in [5.41, 5.74) is 0.485. The minimum atomic E-state index is -0.516. The van der Waals surface area contributed by atoms with Crippen molar-refractivity contribution in [2.24, 2.45) is 0 Å². The minimum absolute atomic E-state index is 0.398. The summed E-state index contributed by atoms with van der Waals surface area (Å²) in [6.07, 6.45) is 4.70. The molecule has 1 rings (SSSR count). The first-order valence-corrected chi connectivity index (χ1v) is 7.88. The van der Waals surface area contributed by atoms with Crippen molar-refractivity contribution in [2.45, 2.75) is 78.0 Å². The first-order valence-electron chi connectivity index (χ1n) is 7.88. The van der Waals surface area contributed by atoms with Crippen molar-refractivity contribution in [3.8, 4) is 0 Å². The first kappa shape index (κ1) is 17.2. The van der Waals surface area contributed by atoms with Gasteiger partial charge >= 0.3 is 0 Å². The quantitative estimate of drug-likeness (QED) is 0.755. The Morgan fingerprint density at radius 2 is 1.95 bits per heavy atom. The van der Waals surface area contributed by atoms with Crippen molar-refractivity contribution >= 4 is 0 Å². The molecule has 0 aliphatic heterocycles. The van der Waals surface area contributed by atoms with Crippen LogP contribution >= 0.6 is 0 Å². The lowest BCUT2D eigenvalue weighted by Crippen LogP contribution is -2.45. The molecule has 0 aliphatic carbocycles. The first-order chi connectivity index (χ1) is 9.52. The number of rotatable bonds is 9. The van der Waals surface area contributed by atoms with Crippen LogP contribution in [0, 0.1) is 0 Å². The molecule has 1 N–H and O–H groups in total. The molecule has 0 saturated heterocycles. The molecule has 1 aromatic heterocycles. The Kier molecular flexibility index (Phi) is 6.69. The summed E-state index contributed by atoms with van der Waals surface area (Å²) in [7, 11) is 0. The second kappa shape index (κ2) is 7.79. The fourth-order valence-electron chi connectivity index (χ4n) is 2.61. The predicted molar refractivity (Wildman–Crippen MR) is 81.9 cm³/mol. The molecule has 0 amide bonds. The van der Waals surface area contributed by atoms with Gasteiger partial charge in [0.05, 0.1) is 17.4 Å². The lowest BCUT2D eigenvalue weighted by Gasteiger charge is -2.36. The molecule has 2 atom stereocenters. The zero-order valence-corrected chi connectivity index (χ0v) is 13.6. The highest BCUT2D eigenvalue weighted by atomic mass is 16.5. The molecule has 0 saturated carbocycles. The minimum Gasteiger partial charge on any atom is -0.390 e. The summed E-state index contributed by atoms with van der Waals surface area (Å²) in [6.45, 7) is 11.0. The van der Waals surface area contributed by atoms with E-state index in [1.165, 1.54) is 0 Å². The molecule has 1 aromatic rings. The van der Waals surface area contributed by atoms with E-state index in [-0.39, 0.29) is 0 Å². The van der Waals surface area contributed by atoms with E-state index in [0.717, 1.165) is 25.0 Å². The van der Waals surface area contributed by atoms with Crippen molar-refractivity contribution in [1.82, 2.24) is 9.78 Å².